The van der Waals surface area contributed by atoms with Crippen molar-refractivity contribution in [3.05, 3.63) is 29.3 Å². The lowest BCUT2D eigenvalue weighted by Crippen LogP contribution is -2.38. The molecule has 0 fully saturated rings. The highest BCUT2D eigenvalue weighted by atomic mass is 35.5. The summed E-state index contributed by atoms with van der Waals surface area (Å²) in [6, 6.07) is 5.11. The van der Waals surface area contributed by atoms with Gasteiger partial charge in [0.1, 0.15) is 5.75 Å². The molecule has 0 saturated carbocycles. The van der Waals surface area contributed by atoms with Crippen molar-refractivity contribution in [2.45, 2.75) is 26.8 Å². The quantitative estimate of drug-likeness (QED) is 0.841. The van der Waals surface area contributed by atoms with Crippen LogP contribution in [0.2, 0.25) is 0 Å². The number of amides is 1. The minimum absolute atomic E-state index is 0.0234. The van der Waals surface area contributed by atoms with E-state index in [9.17, 15) is 9.90 Å². The zero-order valence-corrected chi connectivity index (χ0v) is 11.2. The van der Waals surface area contributed by atoms with Gasteiger partial charge in [-0.1, -0.05) is 6.07 Å². The fourth-order valence-corrected chi connectivity index (χ4v) is 1.84. The second-order valence-corrected chi connectivity index (χ2v) is 4.68. The molecule has 0 heterocycles. The van der Waals surface area contributed by atoms with Gasteiger partial charge in [-0.05, 0) is 38.5 Å². The van der Waals surface area contributed by atoms with E-state index in [1.807, 2.05) is 26.8 Å². The summed E-state index contributed by atoms with van der Waals surface area (Å²) in [5.41, 5.74) is 1.25. The maximum atomic E-state index is 12.2. The van der Waals surface area contributed by atoms with E-state index in [0.717, 1.165) is 5.56 Å². The second-order valence-electron chi connectivity index (χ2n) is 4.30. The van der Waals surface area contributed by atoms with E-state index >= 15 is 0 Å². The molecule has 0 aromatic heterocycles. The van der Waals surface area contributed by atoms with Crippen LogP contribution in [0.3, 0.4) is 0 Å². The van der Waals surface area contributed by atoms with Crippen LogP contribution in [-0.4, -0.2) is 34.4 Å². The highest BCUT2D eigenvalue weighted by molar-refractivity contribution is 6.18. The zero-order valence-electron chi connectivity index (χ0n) is 10.4. The number of hydrogen-bond donors (Lipinski definition) is 1. The minimum atomic E-state index is -0.182. The van der Waals surface area contributed by atoms with Gasteiger partial charge in [-0.3, -0.25) is 4.79 Å². The van der Waals surface area contributed by atoms with Gasteiger partial charge in [-0.2, -0.15) is 0 Å². The first-order valence-electron chi connectivity index (χ1n) is 5.64. The predicted molar refractivity (Wildman–Crippen MR) is 69.7 cm³/mol. The van der Waals surface area contributed by atoms with E-state index in [2.05, 4.69) is 0 Å². The molecule has 0 aliphatic carbocycles. The summed E-state index contributed by atoms with van der Waals surface area (Å²) in [6.07, 6.45) is 0. The molecular formula is C13H18ClNO2. The van der Waals surface area contributed by atoms with Crippen molar-refractivity contribution in [1.82, 2.24) is 4.90 Å². The molecule has 1 aromatic rings. The molecule has 0 unspecified atom stereocenters. The van der Waals surface area contributed by atoms with E-state index in [0.29, 0.717) is 18.0 Å². The Balaban J connectivity index is 3.01. The van der Waals surface area contributed by atoms with Crippen LogP contribution in [0.4, 0.5) is 0 Å². The number of halogens is 1. The average molecular weight is 256 g/mol. The summed E-state index contributed by atoms with van der Waals surface area (Å²) in [5.74, 6) is 0.227. The summed E-state index contributed by atoms with van der Waals surface area (Å²) in [5, 5.41) is 9.78. The van der Waals surface area contributed by atoms with Crippen LogP contribution in [0.5, 0.6) is 5.75 Å². The summed E-state index contributed by atoms with van der Waals surface area (Å²) in [4.78, 5) is 13.9. The number of aromatic hydroxyl groups is 1. The lowest BCUT2D eigenvalue weighted by Gasteiger charge is -2.26. The van der Waals surface area contributed by atoms with Gasteiger partial charge in [0.25, 0.3) is 5.91 Å². The third-order valence-corrected chi connectivity index (χ3v) is 2.76. The Morgan fingerprint density at radius 3 is 2.59 bits per heavy atom. The second kappa shape index (κ2) is 5.92. The third-order valence-electron chi connectivity index (χ3n) is 2.59. The summed E-state index contributed by atoms with van der Waals surface area (Å²) >= 11 is 5.68. The first-order valence-corrected chi connectivity index (χ1v) is 6.17. The highest BCUT2D eigenvalue weighted by Gasteiger charge is 2.20. The molecule has 17 heavy (non-hydrogen) atoms. The van der Waals surface area contributed by atoms with Gasteiger partial charge in [0.15, 0.2) is 0 Å². The van der Waals surface area contributed by atoms with Crippen molar-refractivity contribution < 1.29 is 9.90 Å². The number of carbonyl (C=O) groups is 1. The number of carbonyl (C=O) groups excluding carboxylic acids is 1. The number of hydrogen-bond acceptors (Lipinski definition) is 2. The molecule has 0 atom stereocenters. The lowest BCUT2D eigenvalue weighted by molar-refractivity contribution is 0.0715. The minimum Gasteiger partial charge on any atom is -0.507 e. The highest BCUT2D eigenvalue weighted by Crippen LogP contribution is 2.21. The molecule has 0 aliphatic rings. The number of phenolic OH excluding ortho intramolecular Hbond substituents is 1. The van der Waals surface area contributed by atoms with E-state index in [1.54, 1.807) is 17.0 Å². The van der Waals surface area contributed by atoms with Crippen molar-refractivity contribution in [3.8, 4) is 5.75 Å². The molecule has 0 radical (unpaired) electrons. The molecule has 0 saturated heterocycles. The number of phenols is 1. The summed E-state index contributed by atoms with van der Waals surface area (Å²) < 4.78 is 0. The largest absolute Gasteiger partial charge is 0.507 e. The van der Waals surface area contributed by atoms with Crippen LogP contribution in [0.25, 0.3) is 0 Å². The van der Waals surface area contributed by atoms with Crippen LogP contribution in [0, 0.1) is 6.92 Å². The van der Waals surface area contributed by atoms with Gasteiger partial charge < -0.3 is 10.0 Å². The molecule has 1 rings (SSSR count). The summed E-state index contributed by atoms with van der Waals surface area (Å²) in [6.45, 7) is 6.20. The molecule has 3 nitrogen and oxygen atoms in total. The first-order chi connectivity index (χ1) is 7.97. The number of aryl methyl sites for hydroxylation is 1. The first kappa shape index (κ1) is 13.8. The molecule has 1 N–H and O–H groups in total. The Hall–Kier alpha value is -1.22. The van der Waals surface area contributed by atoms with E-state index in [-0.39, 0.29) is 17.7 Å². The van der Waals surface area contributed by atoms with Crippen molar-refractivity contribution in [2.24, 2.45) is 0 Å². The molecule has 94 valence electrons. The molecule has 0 aliphatic heterocycles. The van der Waals surface area contributed by atoms with Gasteiger partial charge in [0, 0.05) is 18.5 Å². The maximum absolute atomic E-state index is 12.2. The normalized spacial score (nSPS) is 10.6. The van der Waals surface area contributed by atoms with Crippen LogP contribution < -0.4 is 0 Å². The molecule has 1 amide bonds. The molecule has 0 spiro atoms. The van der Waals surface area contributed by atoms with Gasteiger partial charge in [0.05, 0.1) is 5.56 Å². The van der Waals surface area contributed by atoms with E-state index in [4.69, 9.17) is 11.6 Å². The van der Waals surface area contributed by atoms with Crippen LogP contribution in [0.15, 0.2) is 18.2 Å². The molecule has 1 aromatic carbocycles. The number of nitrogens with zero attached hydrogens (tertiary/aromatic N) is 1. The Kier molecular flexibility index (Phi) is 4.82. The van der Waals surface area contributed by atoms with Crippen molar-refractivity contribution in [1.29, 1.82) is 0 Å². The third kappa shape index (κ3) is 3.37. The van der Waals surface area contributed by atoms with Crippen molar-refractivity contribution >= 4 is 17.5 Å². The zero-order chi connectivity index (χ0) is 13.0. The number of benzene rings is 1. The Bertz CT molecular complexity index is 404. The van der Waals surface area contributed by atoms with E-state index in [1.165, 1.54) is 0 Å². The molecular weight excluding hydrogens is 238 g/mol. The fourth-order valence-electron chi connectivity index (χ4n) is 1.66. The van der Waals surface area contributed by atoms with Gasteiger partial charge >= 0.3 is 0 Å². The Labute approximate surface area is 107 Å². The van der Waals surface area contributed by atoms with Crippen molar-refractivity contribution in [3.63, 3.8) is 0 Å². The lowest BCUT2D eigenvalue weighted by atomic mass is 10.1. The van der Waals surface area contributed by atoms with Crippen molar-refractivity contribution in [2.75, 3.05) is 12.4 Å². The van der Waals surface area contributed by atoms with Crippen LogP contribution in [-0.2, 0) is 0 Å². The van der Waals surface area contributed by atoms with Gasteiger partial charge in [-0.25, -0.2) is 0 Å². The van der Waals surface area contributed by atoms with Gasteiger partial charge in [-0.15, -0.1) is 11.6 Å². The van der Waals surface area contributed by atoms with Crippen LogP contribution >= 0.6 is 11.6 Å². The maximum Gasteiger partial charge on any atom is 0.257 e. The average Bonchev–Trinajstić information content (AvgIpc) is 2.24. The smallest absolute Gasteiger partial charge is 0.257 e. The molecule has 0 bridgehead atoms. The van der Waals surface area contributed by atoms with Gasteiger partial charge in [0.2, 0.25) is 0 Å². The molecule has 4 heteroatoms. The number of alkyl halides is 1. The van der Waals surface area contributed by atoms with Crippen LogP contribution in [0.1, 0.15) is 29.8 Å². The standard InChI is InChI=1S/C13H18ClNO2/c1-9(2)15(7-6-14)13(17)11-5-4-10(3)8-12(11)16/h4-5,8-9,16H,6-7H2,1-3H3. The SMILES string of the molecule is Cc1ccc(C(=O)N(CCCl)C(C)C)c(O)c1. The Morgan fingerprint density at radius 1 is 1.47 bits per heavy atom. The fraction of sp³-hybridized carbons (Fsp3) is 0.462. The topological polar surface area (TPSA) is 40.5 Å². The summed E-state index contributed by atoms with van der Waals surface area (Å²) in [7, 11) is 0. The number of rotatable bonds is 4. The predicted octanol–water partition coefficient (Wildman–Crippen LogP) is 2.79. The monoisotopic (exact) mass is 255 g/mol. The van der Waals surface area contributed by atoms with E-state index < -0.39 is 0 Å². The Morgan fingerprint density at radius 2 is 2.12 bits per heavy atom.